The molecule has 1 unspecified atom stereocenters. The van der Waals surface area contributed by atoms with E-state index in [-0.39, 0.29) is 11.9 Å². The minimum Gasteiger partial charge on any atom is -0.409 e. The molecule has 0 bridgehead atoms. The van der Waals surface area contributed by atoms with Crippen molar-refractivity contribution in [2.45, 2.75) is 31.7 Å². The molecular formula is C16H25N3O2. The van der Waals surface area contributed by atoms with E-state index in [0.717, 1.165) is 37.7 Å². The molecule has 0 heterocycles. The molecule has 1 aliphatic rings. The van der Waals surface area contributed by atoms with Crippen LogP contribution < -0.4 is 11.1 Å². The van der Waals surface area contributed by atoms with E-state index in [1.54, 1.807) is 0 Å². The summed E-state index contributed by atoms with van der Waals surface area (Å²) >= 11 is 0. The van der Waals surface area contributed by atoms with Crippen molar-refractivity contribution in [1.82, 2.24) is 5.32 Å². The number of nitrogens with two attached hydrogens (primary N) is 1. The highest BCUT2D eigenvalue weighted by molar-refractivity contribution is 5.80. The fourth-order valence-electron chi connectivity index (χ4n) is 2.23. The first-order valence-electron chi connectivity index (χ1n) is 7.62. The third kappa shape index (κ3) is 6.14. The zero-order valence-corrected chi connectivity index (χ0v) is 12.4. The number of hydrogen-bond donors (Lipinski definition) is 3. The van der Waals surface area contributed by atoms with Crippen LogP contribution in [0.1, 0.15) is 37.3 Å². The zero-order valence-electron chi connectivity index (χ0n) is 12.4. The Kier molecular flexibility index (Phi) is 6.50. The van der Waals surface area contributed by atoms with Crippen LogP contribution in [0, 0.1) is 5.92 Å². The van der Waals surface area contributed by atoms with Crippen LogP contribution in [0.2, 0.25) is 0 Å². The molecule has 1 aromatic rings. The van der Waals surface area contributed by atoms with Crippen LogP contribution >= 0.6 is 0 Å². The van der Waals surface area contributed by atoms with Crippen LogP contribution in [0.25, 0.3) is 0 Å². The highest BCUT2D eigenvalue weighted by atomic mass is 16.5. The Morgan fingerprint density at radius 1 is 1.38 bits per heavy atom. The second kappa shape index (κ2) is 8.64. The highest BCUT2D eigenvalue weighted by Gasteiger charge is 2.20. The van der Waals surface area contributed by atoms with Crippen LogP contribution in [-0.4, -0.2) is 30.8 Å². The SMILES string of the molecule is N/C(CC(NCCCOCC1CC1)c1ccccc1)=N/O. The van der Waals surface area contributed by atoms with E-state index in [4.69, 9.17) is 15.7 Å². The molecule has 5 heteroatoms. The largest absolute Gasteiger partial charge is 0.409 e. The molecule has 0 amide bonds. The number of nitrogens with zero attached hydrogens (tertiary/aromatic N) is 1. The Balaban J connectivity index is 1.72. The molecule has 0 spiro atoms. The standard InChI is InChI=1S/C16H25N3O2/c17-16(19-20)11-15(14-5-2-1-3-6-14)18-9-4-10-21-12-13-7-8-13/h1-3,5-6,13,15,18,20H,4,7-12H2,(H2,17,19). The molecule has 0 radical (unpaired) electrons. The molecule has 2 rings (SSSR count). The van der Waals surface area contributed by atoms with Crippen LogP contribution in [0.5, 0.6) is 0 Å². The summed E-state index contributed by atoms with van der Waals surface area (Å²) < 4.78 is 5.62. The van der Waals surface area contributed by atoms with E-state index in [1.165, 1.54) is 12.8 Å². The average molecular weight is 291 g/mol. The van der Waals surface area contributed by atoms with Gasteiger partial charge in [0.1, 0.15) is 5.84 Å². The Morgan fingerprint density at radius 2 is 2.14 bits per heavy atom. The van der Waals surface area contributed by atoms with Gasteiger partial charge >= 0.3 is 0 Å². The van der Waals surface area contributed by atoms with Crippen molar-refractivity contribution in [2.75, 3.05) is 19.8 Å². The molecule has 1 atom stereocenters. The van der Waals surface area contributed by atoms with E-state index in [9.17, 15) is 0 Å². The van der Waals surface area contributed by atoms with Gasteiger partial charge in [-0.3, -0.25) is 0 Å². The maximum absolute atomic E-state index is 8.75. The third-order valence-electron chi connectivity index (χ3n) is 3.65. The van der Waals surface area contributed by atoms with Crippen molar-refractivity contribution in [3.8, 4) is 0 Å². The molecule has 5 nitrogen and oxygen atoms in total. The maximum Gasteiger partial charge on any atom is 0.141 e. The average Bonchev–Trinajstić information content (AvgIpc) is 3.34. The molecule has 21 heavy (non-hydrogen) atoms. The summed E-state index contributed by atoms with van der Waals surface area (Å²) in [5.74, 6) is 1.05. The first-order chi connectivity index (χ1) is 10.3. The predicted molar refractivity (Wildman–Crippen MR) is 83.4 cm³/mol. The van der Waals surface area contributed by atoms with Crippen molar-refractivity contribution in [3.63, 3.8) is 0 Å². The Hall–Kier alpha value is -1.59. The molecule has 0 aliphatic heterocycles. The molecule has 0 saturated heterocycles. The quantitative estimate of drug-likeness (QED) is 0.203. The second-order valence-corrected chi connectivity index (χ2v) is 5.58. The van der Waals surface area contributed by atoms with Crippen molar-refractivity contribution in [1.29, 1.82) is 0 Å². The number of nitrogens with one attached hydrogen (secondary N) is 1. The second-order valence-electron chi connectivity index (χ2n) is 5.58. The lowest BCUT2D eigenvalue weighted by Gasteiger charge is -2.18. The minimum atomic E-state index is 0.0607. The van der Waals surface area contributed by atoms with E-state index in [2.05, 4.69) is 10.5 Å². The number of ether oxygens (including phenoxy) is 1. The van der Waals surface area contributed by atoms with E-state index < -0.39 is 0 Å². The van der Waals surface area contributed by atoms with Gasteiger partial charge in [-0.1, -0.05) is 35.5 Å². The summed E-state index contributed by atoms with van der Waals surface area (Å²) in [6, 6.07) is 10.1. The molecule has 1 saturated carbocycles. The van der Waals surface area contributed by atoms with Gasteiger partial charge in [-0.15, -0.1) is 0 Å². The van der Waals surface area contributed by atoms with Gasteiger partial charge in [-0.2, -0.15) is 0 Å². The van der Waals surface area contributed by atoms with Gasteiger partial charge < -0.3 is 21.0 Å². The number of rotatable bonds is 10. The summed E-state index contributed by atoms with van der Waals surface area (Å²) in [7, 11) is 0. The highest BCUT2D eigenvalue weighted by Crippen LogP contribution is 2.28. The smallest absolute Gasteiger partial charge is 0.141 e. The molecule has 116 valence electrons. The lowest BCUT2D eigenvalue weighted by molar-refractivity contribution is 0.121. The number of oxime groups is 1. The molecule has 1 aliphatic carbocycles. The number of benzene rings is 1. The maximum atomic E-state index is 8.75. The Labute approximate surface area is 126 Å². The van der Waals surface area contributed by atoms with Crippen molar-refractivity contribution in [2.24, 2.45) is 16.8 Å². The minimum absolute atomic E-state index is 0.0607. The molecule has 1 fully saturated rings. The fourth-order valence-corrected chi connectivity index (χ4v) is 2.23. The normalized spacial score (nSPS) is 16.9. The lowest BCUT2D eigenvalue weighted by atomic mass is 10.0. The van der Waals surface area contributed by atoms with Gasteiger partial charge in [0.25, 0.3) is 0 Å². The summed E-state index contributed by atoms with van der Waals surface area (Å²) in [5.41, 5.74) is 6.78. The Bertz CT molecular complexity index is 432. The van der Waals surface area contributed by atoms with E-state index in [0.29, 0.717) is 6.42 Å². The van der Waals surface area contributed by atoms with Crippen LogP contribution in [0.4, 0.5) is 0 Å². The van der Waals surface area contributed by atoms with Gasteiger partial charge in [0.15, 0.2) is 0 Å². The molecule has 4 N–H and O–H groups in total. The number of amidine groups is 1. The molecule has 1 aromatic carbocycles. The van der Waals surface area contributed by atoms with Gasteiger partial charge in [0.2, 0.25) is 0 Å². The van der Waals surface area contributed by atoms with Gasteiger partial charge in [0, 0.05) is 25.7 Å². The summed E-state index contributed by atoms with van der Waals surface area (Å²) in [6.45, 7) is 2.55. The summed E-state index contributed by atoms with van der Waals surface area (Å²) in [4.78, 5) is 0. The first kappa shape index (κ1) is 15.8. The first-order valence-corrected chi connectivity index (χ1v) is 7.62. The monoisotopic (exact) mass is 291 g/mol. The summed E-state index contributed by atoms with van der Waals surface area (Å²) in [6.07, 6.45) is 4.11. The Morgan fingerprint density at radius 3 is 2.81 bits per heavy atom. The fraction of sp³-hybridized carbons (Fsp3) is 0.562. The van der Waals surface area contributed by atoms with Crippen LogP contribution in [0.15, 0.2) is 35.5 Å². The van der Waals surface area contributed by atoms with E-state index in [1.807, 2.05) is 30.3 Å². The van der Waals surface area contributed by atoms with Gasteiger partial charge in [-0.25, -0.2) is 0 Å². The van der Waals surface area contributed by atoms with Crippen molar-refractivity contribution >= 4 is 5.84 Å². The molecular weight excluding hydrogens is 266 g/mol. The van der Waals surface area contributed by atoms with E-state index >= 15 is 0 Å². The zero-order chi connectivity index (χ0) is 14.9. The van der Waals surface area contributed by atoms with Gasteiger partial charge in [-0.05, 0) is 37.3 Å². The number of hydrogen-bond acceptors (Lipinski definition) is 4. The van der Waals surface area contributed by atoms with Gasteiger partial charge in [0.05, 0.1) is 0 Å². The van der Waals surface area contributed by atoms with Crippen LogP contribution in [-0.2, 0) is 4.74 Å². The third-order valence-corrected chi connectivity index (χ3v) is 3.65. The van der Waals surface area contributed by atoms with Crippen molar-refractivity contribution < 1.29 is 9.94 Å². The molecule has 0 aromatic heterocycles. The summed E-state index contributed by atoms with van der Waals surface area (Å²) in [5, 5.41) is 15.3. The topological polar surface area (TPSA) is 79.9 Å². The predicted octanol–water partition coefficient (Wildman–Crippen LogP) is 2.27. The van der Waals surface area contributed by atoms with Crippen molar-refractivity contribution in [3.05, 3.63) is 35.9 Å². The van der Waals surface area contributed by atoms with Crippen LogP contribution in [0.3, 0.4) is 0 Å². The lowest BCUT2D eigenvalue weighted by Crippen LogP contribution is -2.28.